The number of nitrogens with zero attached hydrogens (tertiary/aromatic N) is 10. The molecule has 0 unspecified atom stereocenters. The Hall–Kier alpha value is -4.12. The van der Waals surface area contributed by atoms with E-state index in [4.69, 9.17) is 0 Å². The van der Waals surface area contributed by atoms with Gasteiger partial charge in [0.1, 0.15) is 0 Å². The van der Waals surface area contributed by atoms with Crippen LogP contribution in [0.5, 0.6) is 0 Å². The van der Waals surface area contributed by atoms with Crippen molar-refractivity contribution in [1.29, 1.82) is 0 Å². The Morgan fingerprint density at radius 3 is 1.27 bits per heavy atom. The molecule has 0 aliphatic heterocycles. The SMILES string of the molecule is O=[N+]([O-])[N-]n1nc([N+](=O)[O-])c2c1c([N+](=O)[O-])nn2[N-][N+](=O)[O-]. The van der Waals surface area contributed by atoms with Gasteiger partial charge in [0.05, 0.1) is 0 Å². The summed E-state index contributed by atoms with van der Waals surface area (Å²) in [6.45, 7) is 0. The maximum atomic E-state index is 10.8. The largest absolute Gasteiger partial charge is 0.465 e. The van der Waals surface area contributed by atoms with Gasteiger partial charge in [-0.25, -0.2) is 5.10 Å². The Morgan fingerprint density at radius 1 is 0.727 bits per heavy atom. The highest BCUT2D eigenvalue weighted by Crippen LogP contribution is 2.33. The molecule has 0 aliphatic carbocycles. The molecule has 0 amide bonds. The van der Waals surface area contributed by atoms with Gasteiger partial charge in [0.25, 0.3) is 16.9 Å². The van der Waals surface area contributed by atoms with Gasteiger partial charge in [-0.2, -0.15) is 4.79 Å². The van der Waals surface area contributed by atoms with Crippen molar-refractivity contribution in [3.05, 3.63) is 51.5 Å². The van der Waals surface area contributed by atoms with Crippen LogP contribution < -0.4 is 0 Å². The average Bonchev–Trinajstić information content (AvgIpc) is 2.88. The third-order valence-electron chi connectivity index (χ3n) is 2.09. The topological polar surface area (TPSA) is 236 Å². The number of hydrogen-bond donors (Lipinski definition) is 0. The van der Waals surface area contributed by atoms with E-state index < -0.39 is 42.6 Å². The first kappa shape index (κ1) is 14.3. The molecule has 0 aliphatic rings. The third kappa shape index (κ3) is 2.21. The molecule has 18 heteroatoms. The Bertz CT molecular complexity index is 749. The van der Waals surface area contributed by atoms with Gasteiger partial charge in [-0.15, -0.1) is 0 Å². The summed E-state index contributed by atoms with van der Waals surface area (Å²) in [5.74, 6) is -2.38. The lowest BCUT2D eigenvalue weighted by Crippen LogP contribution is -2.05. The van der Waals surface area contributed by atoms with Crippen LogP contribution in [0.2, 0.25) is 0 Å². The molecule has 0 radical (unpaired) electrons. The van der Waals surface area contributed by atoms with Gasteiger partial charge in [0.15, 0.2) is 5.10 Å². The standard InChI is InChI=1S/C4N10O8/c15-11(16)3-1-2(10(5-3)8-14(21)22)4(12(17)18)6-9(1)7-13(19)20/q-2. The molecule has 0 saturated heterocycles. The molecular formula is C4N10O8-2. The van der Waals surface area contributed by atoms with E-state index in [9.17, 15) is 40.5 Å². The second-order valence-electron chi connectivity index (χ2n) is 3.29. The van der Waals surface area contributed by atoms with Crippen LogP contribution in [0, 0.1) is 40.5 Å². The van der Waals surface area contributed by atoms with E-state index in [2.05, 4.69) is 21.3 Å². The van der Waals surface area contributed by atoms with Crippen LogP contribution in [0.15, 0.2) is 0 Å². The molecule has 0 spiro atoms. The first-order valence-electron chi connectivity index (χ1n) is 4.75. The molecule has 22 heavy (non-hydrogen) atoms. The molecule has 0 atom stereocenters. The average molecular weight is 316 g/mol. The summed E-state index contributed by atoms with van der Waals surface area (Å²) in [5, 5.41) is 45.8. The summed E-state index contributed by atoms with van der Waals surface area (Å²) >= 11 is 0. The van der Waals surface area contributed by atoms with Gasteiger partial charge in [0, 0.05) is 4.79 Å². The van der Waals surface area contributed by atoms with Crippen LogP contribution in [-0.2, 0) is 0 Å². The van der Waals surface area contributed by atoms with Crippen LogP contribution in [0.25, 0.3) is 22.1 Å². The van der Waals surface area contributed by atoms with E-state index in [1.165, 1.54) is 0 Å². The predicted octanol–water partition coefficient (Wildman–Crippen LogP) is -0.294. The summed E-state index contributed by atoms with van der Waals surface area (Å²) in [4.78, 5) is 39.9. The van der Waals surface area contributed by atoms with Crippen molar-refractivity contribution < 1.29 is 19.9 Å². The zero-order chi connectivity index (χ0) is 16.6. The molecule has 2 heterocycles. The van der Waals surface area contributed by atoms with Crippen LogP contribution >= 0.6 is 0 Å². The van der Waals surface area contributed by atoms with E-state index >= 15 is 0 Å². The maximum Gasteiger partial charge on any atom is 0.465 e. The lowest BCUT2D eigenvalue weighted by molar-refractivity contribution is -0.435. The van der Waals surface area contributed by atoms with Crippen molar-refractivity contribution in [2.45, 2.75) is 0 Å². The Labute approximate surface area is 115 Å². The number of rotatable bonds is 6. The summed E-state index contributed by atoms with van der Waals surface area (Å²) in [5.41, 5.74) is 3.38. The summed E-state index contributed by atoms with van der Waals surface area (Å²) in [6, 6.07) is 0. The maximum absolute atomic E-state index is 10.8. The lowest BCUT2D eigenvalue weighted by Gasteiger charge is -2.02. The fourth-order valence-electron chi connectivity index (χ4n) is 1.47. The third-order valence-corrected chi connectivity index (χ3v) is 2.09. The molecule has 0 N–H and O–H groups in total. The summed E-state index contributed by atoms with van der Waals surface area (Å²) < 4.78 is 0. The number of nitro groups is 4. The Morgan fingerprint density at radius 2 is 1.05 bits per heavy atom. The van der Waals surface area contributed by atoms with Gasteiger partial charge >= 0.3 is 5.82 Å². The van der Waals surface area contributed by atoms with E-state index in [0.29, 0.717) is 0 Å². The smallest absolute Gasteiger partial charge is 0.361 e. The molecule has 0 aromatic carbocycles. The highest BCUT2D eigenvalue weighted by molar-refractivity contribution is 5.90. The van der Waals surface area contributed by atoms with Crippen molar-refractivity contribution in [3.63, 3.8) is 0 Å². The van der Waals surface area contributed by atoms with E-state index in [1.54, 1.807) is 0 Å². The Kier molecular flexibility index (Phi) is 3.10. The number of hydrogen-bond acceptors (Lipinski definition) is 10. The van der Waals surface area contributed by atoms with E-state index in [-0.39, 0.29) is 9.58 Å². The van der Waals surface area contributed by atoms with Crippen LogP contribution in [0.3, 0.4) is 0 Å². The van der Waals surface area contributed by atoms with Crippen molar-refractivity contribution in [2.75, 3.05) is 0 Å². The first-order chi connectivity index (χ1) is 10.2. The molecule has 0 saturated carbocycles. The monoisotopic (exact) mass is 316 g/mol. The zero-order valence-corrected chi connectivity index (χ0v) is 9.74. The minimum absolute atomic E-state index is 0.0371. The van der Waals surface area contributed by atoms with Crippen LogP contribution in [0.1, 0.15) is 0 Å². The zero-order valence-electron chi connectivity index (χ0n) is 9.74. The Balaban J connectivity index is 2.84. The van der Waals surface area contributed by atoms with Gasteiger partial charge in [-0.05, 0) is 20.5 Å². The van der Waals surface area contributed by atoms with Crippen molar-refractivity contribution in [2.24, 2.45) is 0 Å². The van der Waals surface area contributed by atoms with Crippen LogP contribution in [-0.4, -0.2) is 39.7 Å². The second kappa shape index (κ2) is 4.77. The van der Waals surface area contributed by atoms with Crippen molar-refractivity contribution >= 4 is 22.7 Å². The molecule has 2 aromatic rings. The molecule has 116 valence electrons. The van der Waals surface area contributed by atoms with E-state index in [1.807, 2.05) is 0 Å². The molecule has 2 aromatic heterocycles. The van der Waals surface area contributed by atoms with Gasteiger partial charge in [0.2, 0.25) is 0 Å². The molecular weight excluding hydrogens is 316 g/mol. The minimum Gasteiger partial charge on any atom is -0.361 e. The normalized spacial score (nSPS) is 10.4. The molecule has 0 bridgehead atoms. The first-order valence-corrected chi connectivity index (χ1v) is 4.75. The molecule has 2 rings (SSSR count). The highest BCUT2D eigenvalue weighted by atomic mass is 16.7. The van der Waals surface area contributed by atoms with Gasteiger partial charge < -0.3 is 40.5 Å². The molecule has 18 nitrogen and oxygen atoms in total. The van der Waals surface area contributed by atoms with Crippen molar-refractivity contribution in [3.8, 4) is 0 Å². The minimum atomic E-state index is -1.33. The van der Waals surface area contributed by atoms with Crippen molar-refractivity contribution in [1.82, 2.24) is 19.8 Å². The van der Waals surface area contributed by atoms with Gasteiger partial charge in [-0.1, -0.05) is 10.5 Å². The second-order valence-corrected chi connectivity index (χ2v) is 3.29. The number of aromatic nitrogens is 4. The quantitative estimate of drug-likeness (QED) is 0.497. The predicted molar refractivity (Wildman–Crippen MR) is 60.3 cm³/mol. The summed E-state index contributed by atoms with van der Waals surface area (Å²) in [7, 11) is 0. The number of fused-ring (bicyclic) bond motifs is 1. The highest BCUT2D eigenvalue weighted by Gasteiger charge is 2.37. The van der Waals surface area contributed by atoms with E-state index in [0.717, 1.165) is 0 Å². The summed E-state index contributed by atoms with van der Waals surface area (Å²) in [6.07, 6.45) is 0. The molecule has 0 fully saturated rings. The van der Waals surface area contributed by atoms with Crippen LogP contribution in [0.4, 0.5) is 11.6 Å². The fraction of sp³-hybridized carbons (Fsp3) is 0. The lowest BCUT2D eigenvalue weighted by atomic mass is 10.4. The van der Waals surface area contributed by atoms with Gasteiger partial charge in [-0.3, -0.25) is 0 Å². The fourth-order valence-corrected chi connectivity index (χ4v) is 1.47.